The number of carbonyl (C=O) groups excluding carboxylic acids is 1. The number of phenolic OH excluding ortho intramolecular Hbond substituents is 1. The Labute approximate surface area is 234 Å². The molecule has 202 valence electrons. The van der Waals surface area contributed by atoms with Crippen molar-refractivity contribution in [3.8, 4) is 11.5 Å². The van der Waals surface area contributed by atoms with Gasteiger partial charge in [0.05, 0.1) is 28.6 Å². The summed E-state index contributed by atoms with van der Waals surface area (Å²) >= 11 is 12.1. The summed E-state index contributed by atoms with van der Waals surface area (Å²) in [6, 6.07) is 15.7. The zero-order valence-corrected chi connectivity index (χ0v) is 23.1. The van der Waals surface area contributed by atoms with E-state index in [0.717, 1.165) is 6.07 Å². The molecular weight excluding hydrogens is 565 g/mol. The molecule has 4 aromatic rings. The first-order valence-electron chi connectivity index (χ1n) is 11.7. The fourth-order valence-electron chi connectivity index (χ4n) is 3.92. The van der Waals surface area contributed by atoms with E-state index in [9.17, 15) is 22.9 Å². The van der Waals surface area contributed by atoms with Gasteiger partial charge in [-0.2, -0.15) is 13.5 Å². The number of nitrogens with zero attached hydrogens (tertiary/aromatic N) is 2. The molecule has 0 aromatic heterocycles. The van der Waals surface area contributed by atoms with Gasteiger partial charge in [0, 0.05) is 16.5 Å². The zero-order chi connectivity index (χ0) is 28.3. The van der Waals surface area contributed by atoms with Crippen molar-refractivity contribution in [1.82, 2.24) is 0 Å². The van der Waals surface area contributed by atoms with Gasteiger partial charge in [0.25, 0.3) is 16.0 Å². The van der Waals surface area contributed by atoms with Crippen LogP contribution in [0.2, 0.25) is 10.0 Å². The summed E-state index contributed by atoms with van der Waals surface area (Å²) in [5, 5.41) is 23.6. The number of phenols is 1. The molecule has 9 nitrogen and oxygen atoms in total. The Morgan fingerprint density at radius 3 is 2.46 bits per heavy atom. The summed E-state index contributed by atoms with van der Waals surface area (Å²) < 4.78 is 38.6. The summed E-state index contributed by atoms with van der Waals surface area (Å²) in [6.45, 7) is 3.95. The second-order valence-electron chi connectivity index (χ2n) is 8.31. The van der Waals surface area contributed by atoms with Gasteiger partial charge in [0.15, 0.2) is 5.75 Å². The van der Waals surface area contributed by atoms with Crippen molar-refractivity contribution < 1.29 is 27.6 Å². The van der Waals surface area contributed by atoms with E-state index in [1.54, 1.807) is 49.4 Å². The quantitative estimate of drug-likeness (QED) is 0.142. The van der Waals surface area contributed by atoms with E-state index in [1.165, 1.54) is 12.1 Å². The summed E-state index contributed by atoms with van der Waals surface area (Å²) in [4.78, 5) is 12.8. The van der Waals surface area contributed by atoms with Gasteiger partial charge >= 0.3 is 0 Å². The highest BCUT2D eigenvalue weighted by Crippen LogP contribution is 2.41. The van der Waals surface area contributed by atoms with Crippen LogP contribution in [0.4, 0.5) is 17.1 Å². The van der Waals surface area contributed by atoms with E-state index in [4.69, 9.17) is 27.9 Å². The van der Waals surface area contributed by atoms with E-state index in [-0.39, 0.29) is 22.0 Å². The van der Waals surface area contributed by atoms with Gasteiger partial charge < -0.3 is 15.2 Å². The van der Waals surface area contributed by atoms with Crippen LogP contribution in [0.1, 0.15) is 29.8 Å². The third kappa shape index (κ3) is 6.15. The average molecular weight is 588 g/mol. The van der Waals surface area contributed by atoms with Crippen LogP contribution in [0.15, 0.2) is 75.8 Å². The lowest BCUT2D eigenvalue weighted by molar-refractivity contribution is 0.102. The molecule has 1 amide bonds. The Balaban J connectivity index is 1.82. The molecule has 0 aliphatic carbocycles. The Bertz CT molecular complexity index is 1720. The highest BCUT2D eigenvalue weighted by atomic mass is 35.5. The van der Waals surface area contributed by atoms with Crippen LogP contribution in [-0.4, -0.2) is 30.6 Å². The Kier molecular flexibility index (Phi) is 8.41. The van der Waals surface area contributed by atoms with Crippen molar-refractivity contribution in [1.29, 1.82) is 0 Å². The number of nitrogens with one attached hydrogen (secondary N) is 1. The Hall–Kier alpha value is -3.70. The van der Waals surface area contributed by atoms with Gasteiger partial charge in [-0.1, -0.05) is 54.4 Å². The third-order valence-corrected chi connectivity index (χ3v) is 7.33. The first-order chi connectivity index (χ1) is 18.5. The number of hydrogen-bond acceptors (Lipinski definition) is 7. The Morgan fingerprint density at radius 1 is 1.03 bits per heavy atom. The highest BCUT2D eigenvalue weighted by Gasteiger charge is 2.21. The second kappa shape index (κ2) is 11.6. The topological polar surface area (TPSA) is 138 Å². The number of fused-ring (bicyclic) bond motifs is 1. The molecule has 0 saturated carbocycles. The van der Waals surface area contributed by atoms with E-state index < -0.39 is 26.7 Å². The van der Waals surface area contributed by atoms with Gasteiger partial charge in [-0.3, -0.25) is 9.35 Å². The van der Waals surface area contributed by atoms with Crippen LogP contribution >= 0.6 is 23.2 Å². The van der Waals surface area contributed by atoms with Gasteiger partial charge in [-0.25, -0.2) is 0 Å². The van der Waals surface area contributed by atoms with Crippen molar-refractivity contribution in [3.05, 3.63) is 81.8 Å². The molecule has 39 heavy (non-hydrogen) atoms. The molecule has 4 rings (SSSR count). The normalized spacial score (nSPS) is 11.7. The number of azo groups is 1. The smallest absolute Gasteiger partial charge is 0.296 e. The van der Waals surface area contributed by atoms with Gasteiger partial charge in [-0.05, 0) is 54.6 Å². The van der Waals surface area contributed by atoms with Crippen LogP contribution in [0.25, 0.3) is 10.8 Å². The number of carbonyl (C=O) groups is 1. The molecule has 0 unspecified atom stereocenters. The van der Waals surface area contributed by atoms with Crippen LogP contribution in [0, 0.1) is 0 Å². The monoisotopic (exact) mass is 587 g/mol. The zero-order valence-electron chi connectivity index (χ0n) is 20.8. The molecule has 0 atom stereocenters. The molecule has 0 aliphatic heterocycles. The van der Waals surface area contributed by atoms with Gasteiger partial charge in [-0.15, -0.1) is 5.11 Å². The van der Waals surface area contributed by atoms with Crippen molar-refractivity contribution in [3.63, 3.8) is 0 Å². The molecule has 0 aliphatic rings. The van der Waals surface area contributed by atoms with Gasteiger partial charge in [0.1, 0.15) is 16.3 Å². The van der Waals surface area contributed by atoms with E-state index in [0.29, 0.717) is 45.8 Å². The lowest BCUT2D eigenvalue weighted by Gasteiger charge is -2.14. The maximum absolute atomic E-state index is 13.3. The molecule has 0 spiro atoms. The number of aromatic hydroxyl groups is 1. The van der Waals surface area contributed by atoms with Crippen LogP contribution in [0.3, 0.4) is 0 Å². The molecule has 0 bridgehead atoms. The predicted molar refractivity (Wildman–Crippen MR) is 151 cm³/mol. The molecule has 0 heterocycles. The first-order valence-corrected chi connectivity index (χ1v) is 13.9. The largest absolute Gasteiger partial charge is 0.505 e. The maximum Gasteiger partial charge on any atom is 0.296 e. The minimum Gasteiger partial charge on any atom is -0.505 e. The number of rotatable bonds is 8. The lowest BCUT2D eigenvalue weighted by atomic mass is 10.0. The maximum atomic E-state index is 13.3. The van der Waals surface area contributed by atoms with Crippen LogP contribution < -0.4 is 10.1 Å². The van der Waals surface area contributed by atoms with Crippen LogP contribution in [0.5, 0.6) is 11.5 Å². The number of hydrogen-bond donors (Lipinski definition) is 3. The number of halogens is 2. The molecule has 4 aromatic carbocycles. The third-order valence-electron chi connectivity index (χ3n) is 5.78. The fraction of sp³-hybridized carbons (Fsp3) is 0.148. The number of amides is 1. The number of ether oxygens (including phenoxy) is 1. The standard InChI is InChI=1S/C27H23Cl2N3O6S/c1-3-15-12-20(29)24(39(35,36)37)14-22(15)31-32-25-18-8-6-5-7-16(18)11-19(26(25)33)27(34)30-21-10-9-17(28)13-23(21)38-4-2/h5-14,33H,3-4H2,1-2H3,(H,30,34)(H,35,36,37). The molecule has 0 saturated heterocycles. The average Bonchev–Trinajstić information content (AvgIpc) is 2.89. The minimum atomic E-state index is -4.62. The summed E-state index contributed by atoms with van der Waals surface area (Å²) in [5.74, 6) is -0.709. The molecular formula is C27H23Cl2N3O6S. The Morgan fingerprint density at radius 2 is 1.77 bits per heavy atom. The minimum absolute atomic E-state index is 0.00945. The molecule has 12 heteroatoms. The number of anilines is 1. The van der Waals surface area contributed by atoms with E-state index in [1.807, 2.05) is 6.92 Å². The van der Waals surface area contributed by atoms with E-state index in [2.05, 4.69) is 15.5 Å². The molecule has 3 N–H and O–H groups in total. The van der Waals surface area contributed by atoms with Crippen molar-refractivity contribution in [2.75, 3.05) is 11.9 Å². The van der Waals surface area contributed by atoms with Crippen molar-refractivity contribution in [2.24, 2.45) is 10.2 Å². The predicted octanol–water partition coefficient (Wildman–Crippen LogP) is 7.73. The summed E-state index contributed by atoms with van der Waals surface area (Å²) in [5.41, 5.74) is 0.944. The summed E-state index contributed by atoms with van der Waals surface area (Å²) in [7, 11) is -4.62. The van der Waals surface area contributed by atoms with Crippen LogP contribution in [-0.2, 0) is 16.5 Å². The van der Waals surface area contributed by atoms with Crippen molar-refractivity contribution >= 4 is 67.1 Å². The van der Waals surface area contributed by atoms with E-state index >= 15 is 0 Å². The summed E-state index contributed by atoms with van der Waals surface area (Å²) in [6.07, 6.45) is 0.429. The fourth-order valence-corrected chi connectivity index (χ4v) is 5.12. The SMILES string of the molecule is CCOc1cc(Cl)ccc1NC(=O)c1cc2ccccc2c(N=Nc2cc(S(=O)(=O)O)c(Cl)cc2CC)c1O. The molecule has 0 radical (unpaired) electrons. The number of benzene rings is 4. The van der Waals surface area contributed by atoms with Gasteiger partial charge in [0.2, 0.25) is 0 Å². The molecule has 0 fully saturated rings. The lowest BCUT2D eigenvalue weighted by Crippen LogP contribution is -2.13. The highest BCUT2D eigenvalue weighted by molar-refractivity contribution is 7.86. The second-order valence-corrected chi connectivity index (χ2v) is 10.5. The van der Waals surface area contributed by atoms with Crippen molar-refractivity contribution in [2.45, 2.75) is 25.2 Å². The first kappa shape index (κ1) is 28.3. The number of aryl methyl sites for hydroxylation is 1.